The number of likely N-dealkylation sites (tertiary alicyclic amines) is 1. The number of aromatic nitrogens is 2. The number of nitrogens with two attached hydrogens (primary N) is 1. The van der Waals surface area contributed by atoms with Gasteiger partial charge in [0.2, 0.25) is 5.91 Å². The molecule has 1 atom stereocenters. The normalized spacial score (nSPS) is 17.2. The summed E-state index contributed by atoms with van der Waals surface area (Å²) in [5, 5.41) is 4.29. The van der Waals surface area contributed by atoms with Crippen molar-refractivity contribution in [3.05, 3.63) is 47.5 Å². The molecule has 0 radical (unpaired) electrons. The van der Waals surface area contributed by atoms with Gasteiger partial charge in [0.25, 0.3) is 5.91 Å². The van der Waals surface area contributed by atoms with E-state index in [1.54, 1.807) is 21.7 Å². The smallest absolute Gasteiger partial charge is 0.257 e. The second-order valence-corrected chi connectivity index (χ2v) is 5.89. The van der Waals surface area contributed by atoms with E-state index in [1.807, 2.05) is 6.92 Å². The highest BCUT2D eigenvalue weighted by molar-refractivity contribution is 5.96. The molecule has 1 fully saturated rings. The van der Waals surface area contributed by atoms with Crippen molar-refractivity contribution in [1.82, 2.24) is 14.7 Å². The van der Waals surface area contributed by atoms with Gasteiger partial charge in [0.15, 0.2) is 0 Å². The number of carbonyl (C=O) groups excluding carboxylic acids is 2. The molecule has 1 aromatic carbocycles. The predicted molar refractivity (Wildman–Crippen MR) is 86.1 cm³/mol. The first-order chi connectivity index (χ1) is 11.5. The number of hydrogen-bond acceptors (Lipinski definition) is 3. The van der Waals surface area contributed by atoms with E-state index < -0.39 is 0 Å². The molecule has 0 saturated carbocycles. The summed E-state index contributed by atoms with van der Waals surface area (Å²) in [7, 11) is 0. The van der Waals surface area contributed by atoms with Gasteiger partial charge in [-0.2, -0.15) is 5.10 Å². The van der Waals surface area contributed by atoms with Crippen molar-refractivity contribution in [1.29, 1.82) is 0 Å². The van der Waals surface area contributed by atoms with Crippen LogP contribution in [0.1, 0.15) is 29.4 Å². The molecular formula is C17H19FN4O2. The van der Waals surface area contributed by atoms with Crippen LogP contribution in [-0.4, -0.2) is 39.6 Å². The van der Waals surface area contributed by atoms with Crippen molar-refractivity contribution < 1.29 is 14.0 Å². The minimum atomic E-state index is -0.372. The largest absolute Gasteiger partial charge is 0.369 e. The van der Waals surface area contributed by atoms with Crippen molar-refractivity contribution >= 4 is 11.8 Å². The number of hydrogen-bond donors (Lipinski definition) is 1. The van der Waals surface area contributed by atoms with E-state index in [0.717, 1.165) is 5.69 Å². The first kappa shape index (κ1) is 16.2. The first-order valence-electron chi connectivity index (χ1n) is 7.92. The van der Waals surface area contributed by atoms with Crippen LogP contribution in [0.25, 0.3) is 5.69 Å². The summed E-state index contributed by atoms with van der Waals surface area (Å²) in [5.41, 5.74) is 7.29. The molecular weight excluding hydrogens is 311 g/mol. The van der Waals surface area contributed by atoms with Crippen LogP contribution in [0.3, 0.4) is 0 Å². The van der Waals surface area contributed by atoms with Crippen LogP contribution in [0, 0.1) is 11.7 Å². The summed E-state index contributed by atoms with van der Waals surface area (Å²) >= 11 is 0. The Balaban J connectivity index is 1.88. The average Bonchev–Trinajstić information content (AvgIpc) is 3.22. The molecule has 3 rings (SSSR count). The number of benzene rings is 1. The molecule has 2 N–H and O–H groups in total. The number of halogens is 1. The molecule has 2 heterocycles. The molecule has 1 aromatic heterocycles. The van der Waals surface area contributed by atoms with Crippen molar-refractivity contribution in [3.8, 4) is 5.69 Å². The maximum absolute atomic E-state index is 13.1. The van der Waals surface area contributed by atoms with Gasteiger partial charge < -0.3 is 10.6 Å². The van der Waals surface area contributed by atoms with E-state index in [1.165, 1.54) is 18.3 Å². The highest BCUT2D eigenvalue weighted by Gasteiger charge is 2.31. The Morgan fingerprint density at radius 1 is 1.33 bits per heavy atom. The van der Waals surface area contributed by atoms with Gasteiger partial charge in [-0.25, -0.2) is 9.07 Å². The Morgan fingerprint density at radius 2 is 2.04 bits per heavy atom. The Bertz CT molecular complexity index is 769. The number of nitrogens with zero attached hydrogens (tertiary/aromatic N) is 3. The molecule has 2 aromatic rings. The van der Waals surface area contributed by atoms with Crippen LogP contribution in [-0.2, 0) is 11.2 Å². The van der Waals surface area contributed by atoms with E-state index in [9.17, 15) is 14.0 Å². The van der Waals surface area contributed by atoms with Crippen molar-refractivity contribution in [2.45, 2.75) is 19.8 Å². The van der Waals surface area contributed by atoms with Gasteiger partial charge in [0.05, 0.1) is 29.1 Å². The lowest BCUT2D eigenvalue weighted by Crippen LogP contribution is -2.32. The van der Waals surface area contributed by atoms with Gasteiger partial charge in [0, 0.05) is 13.1 Å². The Hall–Kier alpha value is -2.70. The van der Waals surface area contributed by atoms with Crippen molar-refractivity contribution in [3.63, 3.8) is 0 Å². The van der Waals surface area contributed by atoms with Crippen LogP contribution in [0.4, 0.5) is 4.39 Å². The molecule has 0 aliphatic carbocycles. The van der Waals surface area contributed by atoms with Gasteiger partial charge in [-0.3, -0.25) is 9.59 Å². The number of amides is 2. The summed E-state index contributed by atoms with van der Waals surface area (Å²) in [5.74, 6) is -1.13. The van der Waals surface area contributed by atoms with Crippen molar-refractivity contribution in [2.75, 3.05) is 13.1 Å². The zero-order valence-electron chi connectivity index (χ0n) is 13.4. The quantitative estimate of drug-likeness (QED) is 0.923. The summed E-state index contributed by atoms with van der Waals surface area (Å²) in [6.07, 6.45) is 2.72. The fourth-order valence-corrected chi connectivity index (χ4v) is 3.04. The summed E-state index contributed by atoms with van der Waals surface area (Å²) in [6.45, 7) is 2.79. The fraction of sp³-hybridized carbons (Fsp3) is 0.353. The van der Waals surface area contributed by atoms with E-state index >= 15 is 0 Å². The molecule has 126 valence electrons. The maximum Gasteiger partial charge on any atom is 0.257 e. The highest BCUT2D eigenvalue weighted by Crippen LogP contribution is 2.22. The maximum atomic E-state index is 13.1. The summed E-state index contributed by atoms with van der Waals surface area (Å²) in [6, 6.07) is 5.95. The molecule has 1 aliphatic heterocycles. The summed E-state index contributed by atoms with van der Waals surface area (Å²) < 4.78 is 14.7. The molecule has 6 nitrogen and oxygen atoms in total. The molecule has 2 amide bonds. The predicted octanol–water partition coefficient (Wildman–Crippen LogP) is 1.52. The monoisotopic (exact) mass is 330 g/mol. The lowest BCUT2D eigenvalue weighted by atomic mass is 10.1. The number of primary amides is 1. The number of carbonyl (C=O) groups is 2. The van der Waals surface area contributed by atoms with Gasteiger partial charge >= 0.3 is 0 Å². The van der Waals surface area contributed by atoms with E-state index in [-0.39, 0.29) is 23.5 Å². The van der Waals surface area contributed by atoms with Crippen LogP contribution in [0.2, 0.25) is 0 Å². The lowest BCUT2D eigenvalue weighted by Gasteiger charge is -2.16. The van der Waals surface area contributed by atoms with Crippen LogP contribution in [0.15, 0.2) is 30.5 Å². The molecule has 0 spiro atoms. The lowest BCUT2D eigenvalue weighted by molar-refractivity contribution is -0.121. The molecule has 0 bridgehead atoms. The number of rotatable bonds is 4. The average molecular weight is 330 g/mol. The third-order valence-electron chi connectivity index (χ3n) is 4.38. The Morgan fingerprint density at radius 3 is 2.62 bits per heavy atom. The van der Waals surface area contributed by atoms with Gasteiger partial charge in [0.1, 0.15) is 5.82 Å². The molecule has 1 saturated heterocycles. The minimum Gasteiger partial charge on any atom is -0.369 e. The van der Waals surface area contributed by atoms with Gasteiger partial charge in [-0.05, 0) is 37.1 Å². The zero-order chi connectivity index (χ0) is 17.3. The van der Waals surface area contributed by atoms with Gasteiger partial charge in [-0.15, -0.1) is 0 Å². The second-order valence-electron chi connectivity index (χ2n) is 5.89. The third-order valence-corrected chi connectivity index (χ3v) is 4.38. The molecule has 1 aliphatic rings. The topological polar surface area (TPSA) is 81.2 Å². The first-order valence-corrected chi connectivity index (χ1v) is 7.92. The standard InChI is InChI=1S/C17H19FN4O2/c1-2-15-14(17(24)21-8-7-11(10-21)16(19)23)9-20-22(15)13-5-3-12(18)4-6-13/h3-6,9,11H,2,7-8,10H2,1H3,(H2,19,23). The third kappa shape index (κ3) is 2.89. The Kier molecular flexibility index (Phi) is 4.33. The van der Waals surface area contributed by atoms with Crippen LogP contribution < -0.4 is 5.73 Å². The highest BCUT2D eigenvalue weighted by atomic mass is 19.1. The van der Waals surface area contributed by atoms with Crippen LogP contribution in [0.5, 0.6) is 0 Å². The van der Waals surface area contributed by atoms with Gasteiger partial charge in [-0.1, -0.05) is 6.92 Å². The van der Waals surface area contributed by atoms with E-state index in [2.05, 4.69) is 5.10 Å². The Labute approximate surface area is 139 Å². The van der Waals surface area contributed by atoms with E-state index in [4.69, 9.17) is 5.73 Å². The molecule has 24 heavy (non-hydrogen) atoms. The fourth-order valence-electron chi connectivity index (χ4n) is 3.04. The SMILES string of the molecule is CCc1c(C(=O)N2CCC(C(N)=O)C2)cnn1-c1ccc(F)cc1. The minimum absolute atomic E-state index is 0.149. The molecule has 1 unspecified atom stereocenters. The molecule has 7 heteroatoms. The van der Waals surface area contributed by atoms with E-state index in [0.29, 0.717) is 37.2 Å². The van der Waals surface area contributed by atoms with Crippen molar-refractivity contribution in [2.24, 2.45) is 11.7 Å². The second kappa shape index (κ2) is 6.43. The summed E-state index contributed by atoms with van der Waals surface area (Å²) in [4.78, 5) is 25.7. The van der Waals surface area contributed by atoms with Crippen LogP contribution >= 0.6 is 0 Å². The zero-order valence-corrected chi connectivity index (χ0v) is 13.4.